The van der Waals surface area contributed by atoms with Crippen molar-refractivity contribution in [2.24, 2.45) is 0 Å². The second-order valence-electron chi connectivity index (χ2n) is 13.8. The molecule has 8 rings (SSSR count). The van der Waals surface area contributed by atoms with Crippen LogP contribution in [0.4, 0.5) is 0 Å². The zero-order chi connectivity index (χ0) is 34.0. The Bertz CT molecular complexity index is 1970. The Hall–Kier alpha value is -5.06. The van der Waals surface area contributed by atoms with E-state index in [2.05, 4.69) is 129 Å². The Kier molecular flexibility index (Phi) is 9.04. The Morgan fingerprint density at radius 1 is 0.440 bits per heavy atom. The van der Waals surface area contributed by atoms with Gasteiger partial charge in [0.15, 0.2) is 0 Å². The third-order valence-corrected chi connectivity index (χ3v) is 18.7. The molecular weight excluding hydrogens is 669 g/mol. The van der Waals surface area contributed by atoms with Crippen molar-refractivity contribution in [2.75, 3.05) is 0 Å². The molecule has 0 saturated heterocycles. The van der Waals surface area contributed by atoms with Crippen molar-refractivity contribution in [2.45, 2.75) is 40.9 Å². The Morgan fingerprint density at radius 2 is 0.820 bits per heavy atom. The maximum absolute atomic E-state index is 6.11. The molecule has 4 unspecified atom stereocenters. The summed E-state index contributed by atoms with van der Waals surface area (Å²) in [5.74, 6) is 6.51. The average molecular weight is 711 g/mol. The van der Waals surface area contributed by atoms with Crippen LogP contribution in [-0.2, 0) is 0 Å². The van der Waals surface area contributed by atoms with Crippen LogP contribution < -0.4 is 9.47 Å². The molecule has 4 aromatic carbocycles. The summed E-state index contributed by atoms with van der Waals surface area (Å²) in [7, 11) is 0. The third-order valence-electron chi connectivity index (χ3n) is 10.6. The summed E-state index contributed by atoms with van der Waals surface area (Å²) < 4.78 is 13.3. The Labute approximate surface area is 301 Å². The summed E-state index contributed by atoms with van der Waals surface area (Å²) in [6.07, 6.45) is 23.5. The van der Waals surface area contributed by atoms with Gasteiger partial charge >= 0.3 is 290 Å². The molecule has 0 heterocycles. The van der Waals surface area contributed by atoms with Crippen molar-refractivity contribution in [1.29, 1.82) is 0 Å². The van der Waals surface area contributed by atoms with Gasteiger partial charge in [0.2, 0.25) is 0 Å². The Balaban J connectivity index is 1.06. The van der Waals surface area contributed by atoms with Crippen molar-refractivity contribution < 1.29 is 9.47 Å². The van der Waals surface area contributed by atoms with E-state index in [0.29, 0.717) is 9.50 Å². The van der Waals surface area contributed by atoms with E-state index < -0.39 is 14.3 Å². The summed E-state index contributed by atoms with van der Waals surface area (Å²) in [6, 6.07) is 37.3. The molecular formula is C47H42GeO2. The van der Waals surface area contributed by atoms with Gasteiger partial charge in [-0.2, -0.15) is 0 Å². The van der Waals surface area contributed by atoms with Crippen molar-refractivity contribution in [3.8, 4) is 23.0 Å². The van der Waals surface area contributed by atoms with Crippen molar-refractivity contribution in [1.82, 2.24) is 0 Å². The van der Waals surface area contributed by atoms with Crippen LogP contribution in [0.15, 0.2) is 203 Å². The number of hydrogen-bond donors (Lipinski definition) is 0. The van der Waals surface area contributed by atoms with E-state index in [1.165, 1.54) is 44.6 Å². The molecule has 0 bridgehead atoms. The summed E-state index contributed by atoms with van der Waals surface area (Å²) >= 11 is -2.08. The maximum atomic E-state index is 6.11. The van der Waals surface area contributed by atoms with Crippen molar-refractivity contribution in [3.05, 3.63) is 215 Å². The van der Waals surface area contributed by atoms with Crippen LogP contribution in [0.2, 0.25) is 15.3 Å². The van der Waals surface area contributed by atoms with E-state index in [4.69, 9.17) is 9.47 Å². The van der Waals surface area contributed by atoms with Crippen LogP contribution in [-0.4, -0.2) is 14.3 Å². The normalized spacial score (nSPS) is 22.8. The number of allylic oxidation sites excluding steroid dienone is 16. The van der Waals surface area contributed by atoms with Crippen molar-refractivity contribution >= 4 is 14.3 Å². The first-order valence-electron chi connectivity index (χ1n) is 17.7. The summed E-state index contributed by atoms with van der Waals surface area (Å²) in [5.41, 5.74) is 11.6. The number of para-hydroxylation sites is 2. The molecule has 0 N–H and O–H groups in total. The van der Waals surface area contributed by atoms with Gasteiger partial charge in [0, 0.05) is 0 Å². The number of benzene rings is 4. The molecule has 0 saturated carbocycles. The van der Waals surface area contributed by atoms with Crippen LogP contribution >= 0.6 is 0 Å². The molecule has 0 spiro atoms. The van der Waals surface area contributed by atoms with Gasteiger partial charge in [0.1, 0.15) is 0 Å². The van der Waals surface area contributed by atoms with Gasteiger partial charge in [-0.25, -0.2) is 0 Å². The zero-order valence-corrected chi connectivity index (χ0v) is 31.3. The van der Waals surface area contributed by atoms with Gasteiger partial charge in [-0.1, -0.05) is 12.1 Å². The topological polar surface area (TPSA) is 18.5 Å². The first kappa shape index (κ1) is 32.2. The van der Waals surface area contributed by atoms with Gasteiger partial charge in [-0.15, -0.1) is 0 Å². The monoisotopic (exact) mass is 712 g/mol. The van der Waals surface area contributed by atoms with E-state index in [9.17, 15) is 0 Å². The second-order valence-corrected chi connectivity index (χ2v) is 20.2. The fourth-order valence-electron chi connectivity index (χ4n) is 8.41. The van der Waals surface area contributed by atoms with Gasteiger partial charge in [0.25, 0.3) is 0 Å². The molecule has 3 heteroatoms. The van der Waals surface area contributed by atoms with Crippen LogP contribution in [0, 0.1) is 0 Å². The van der Waals surface area contributed by atoms with Gasteiger partial charge in [-0.05, 0) is 0 Å². The minimum atomic E-state index is -2.08. The summed E-state index contributed by atoms with van der Waals surface area (Å²) in [5, 5.41) is 0. The first-order chi connectivity index (χ1) is 24.5. The predicted octanol–water partition coefficient (Wildman–Crippen LogP) is 12.5. The van der Waals surface area contributed by atoms with E-state index in [0.717, 1.165) is 23.0 Å². The molecule has 4 aliphatic carbocycles. The first-order valence-corrected chi connectivity index (χ1v) is 23.0. The zero-order valence-electron chi connectivity index (χ0n) is 28.9. The van der Waals surface area contributed by atoms with Crippen LogP contribution in [0.3, 0.4) is 0 Å². The molecule has 2 nitrogen and oxygen atoms in total. The van der Waals surface area contributed by atoms with Crippen LogP contribution in [0.25, 0.3) is 0 Å². The molecule has 0 aromatic heterocycles. The fourth-order valence-corrected chi connectivity index (χ4v) is 16.7. The van der Waals surface area contributed by atoms with Gasteiger partial charge in [-0.3, -0.25) is 0 Å². The van der Waals surface area contributed by atoms with Crippen molar-refractivity contribution in [3.63, 3.8) is 0 Å². The average Bonchev–Trinajstić information content (AvgIpc) is 3.45. The number of hydrogen-bond acceptors (Lipinski definition) is 2. The predicted molar refractivity (Wildman–Crippen MR) is 210 cm³/mol. The summed E-state index contributed by atoms with van der Waals surface area (Å²) in [6.45, 7) is 4.75. The van der Waals surface area contributed by atoms with Gasteiger partial charge in [0.05, 0.1) is 0 Å². The molecule has 50 heavy (non-hydrogen) atoms. The molecule has 0 amide bonds. The van der Waals surface area contributed by atoms with E-state index in [1.54, 1.807) is 0 Å². The SMILES string of the molecule is CC1=CC2=C(C=CC=CC2c2ccc(Oc3ccccc3)cc2)[CH]1[GeH]([CH3])[CH]1C(C)=CC2=C1C=CC=CC2c1ccc(Oc2ccccc2)cc1. The molecule has 4 aliphatic rings. The van der Waals surface area contributed by atoms with E-state index in [-0.39, 0.29) is 11.8 Å². The van der Waals surface area contributed by atoms with Crippen LogP contribution in [0.1, 0.15) is 36.8 Å². The fraction of sp³-hybridized carbons (Fsp3) is 0.149. The standard InChI is InChI=1S/C47H42GeO2/c1-32-30-44-40(34-22-26-38(27-23-34)49-36-14-6-4-7-15-36)18-10-12-20-42(44)46(32)48(3)47-33(2)31-45-41(19-11-13-21-43(45)47)35-24-28-39(29-25-35)50-37-16-8-5-9-17-37/h4-31,40-41,46-48H,1-3H3. The molecule has 0 radical (unpaired) electrons. The molecule has 4 aromatic rings. The van der Waals surface area contributed by atoms with Crippen LogP contribution in [0.5, 0.6) is 23.0 Å². The number of rotatable bonds is 8. The molecule has 246 valence electrons. The minimum absolute atomic E-state index is 0.218. The van der Waals surface area contributed by atoms with Gasteiger partial charge < -0.3 is 0 Å². The number of ether oxygens (including phenoxy) is 2. The van der Waals surface area contributed by atoms with E-state index in [1.807, 2.05) is 60.7 Å². The third kappa shape index (κ3) is 6.37. The second kappa shape index (κ2) is 14.1. The molecule has 4 atom stereocenters. The summed E-state index contributed by atoms with van der Waals surface area (Å²) in [4.78, 5) is 0. The molecule has 0 fully saturated rings. The van der Waals surface area contributed by atoms with E-state index >= 15 is 0 Å². The quantitative estimate of drug-likeness (QED) is 0.169. The molecule has 0 aliphatic heterocycles. The Morgan fingerprint density at radius 3 is 1.22 bits per heavy atom.